The Labute approximate surface area is 179 Å². The molecule has 1 aromatic rings. The molecule has 0 heterocycles. The molecule has 0 spiro atoms. The van der Waals surface area contributed by atoms with Gasteiger partial charge < -0.3 is 25.4 Å². The SMILES string of the molecule is CCNC(=O)CCCC=CCC1C(O)CC(O)C1C=CC(O)COc1ccccc1. The number of amides is 1. The van der Waals surface area contributed by atoms with E-state index in [1.54, 1.807) is 12.2 Å². The van der Waals surface area contributed by atoms with Gasteiger partial charge in [0.25, 0.3) is 0 Å². The van der Waals surface area contributed by atoms with Gasteiger partial charge >= 0.3 is 0 Å². The zero-order valence-corrected chi connectivity index (χ0v) is 17.7. The average molecular weight is 418 g/mol. The first-order valence-electron chi connectivity index (χ1n) is 10.8. The van der Waals surface area contributed by atoms with Crippen molar-refractivity contribution in [1.29, 1.82) is 0 Å². The fourth-order valence-corrected chi connectivity index (χ4v) is 3.75. The highest BCUT2D eigenvalue weighted by Gasteiger charge is 2.39. The van der Waals surface area contributed by atoms with Crippen molar-refractivity contribution in [2.75, 3.05) is 13.2 Å². The van der Waals surface area contributed by atoms with Crippen molar-refractivity contribution < 1.29 is 24.9 Å². The van der Waals surface area contributed by atoms with Gasteiger partial charge in [0.15, 0.2) is 0 Å². The number of ether oxygens (including phenoxy) is 1. The lowest BCUT2D eigenvalue weighted by atomic mass is 9.89. The minimum absolute atomic E-state index is 0.0697. The van der Waals surface area contributed by atoms with E-state index in [0.29, 0.717) is 31.6 Å². The van der Waals surface area contributed by atoms with Crippen LogP contribution in [0.25, 0.3) is 0 Å². The normalized spacial score (nSPS) is 25.1. The summed E-state index contributed by atoms with van der Waals surface area (Å²) in [6, 6.07) is 9.28. The lowest BCUT2D eigenvalue weighted by Crippen LogP contribution is -2.22. The number of allylic oxidation sites excluding steroid dienone is 2. The zero-order valence-electron chi connectivity index (χ0n) is 17.7. The van der Waals surface area contributed by atoms with Crippen LogP contribution in [0.15, 0.2) is 54.6 Å². The Bertz CT molecular complexity index is 675. The summed E-state index contributed by atoms with van der Waals surface area (Å²) >= 11 is 0. The molecule has 5 atom stereocenters. The maximum atomic E-state index is 11.4. The Kier molecular flexibility index (Phi) is 10.6. The number of benzene rings is 1. The first-order chi connectivity index (χ1) is 14.5. The summed E-state index contributed by atoms with van der Waals surface area (Å²) in [5.41, 5.74) is 0. The van der Waals surface area contributed by atoms with Crippen LogP contribution in [0.2, 0.25) is 0 Å². The van der Waals surface area contributed by atoms with Crippen LogP contribution in [-0.2, 0) is 4.79 Å². The van der Waals surface area contributed by atoms with Crippen LogP contribution in [-0.4, -0.2) is 52.7 Å². The fourth-order valence-electron chi connectivity index (χ4n) is 3.75. The Morgan fingerprint density at radius 3 is 2.73 bits per heavy atom. The molecule has 1 aromatic carbocycles. The van der Waals surface area contributed by atoms with Crippen molar-refractivity contribution in [1.82, 2.24) is 5.32 Å². The van der Waals surface area contributed by atoms with Gasteiger partial charge in [-0.1, -0.05) is 42.5 Å². The van der Waals surface area contributed by atoms with Crippen LogP contribution in [0.5, 0.6) is 5.75 Å². The number of hydrogen-bond acceptors (Lipinski definition) is 5. The molecule has 5 unspecified atom stereocenters. The first kappa shape index (κ1) is 24.1. The van der Waals surface area contributed by atoms with E-state index in [2.05, 4.69) is 5.32 Å². The highest BCUT2D eigenvalue weighted by Crippen LogP contribution is 2.36. The van der Waals surface area contributed by atoms with E-state index in [0.717, 1.165) is 12.8 Å². The third kappa shape index (κ3) is 8.30. The summed E-state index contributed by atoms with van der Waals surface area (Å²) in [5.74, 6) is 0.446. The lowest BCUT2D eigenvalue weighted by Gasteiger charge is -2.19. The zero-order chi connectivity index (χ0) is 21.8. The second kappa shape index (κ2) is 13.2. The number of carbonyl (C=O) groups excluding carboxylic acids is 1. The molecule has 1 aliphatic carbocycles. The Hall–Kier alpha value is -2.15. The summed E-state index contributed by atoms with van der Waals surface area (Å²) in [4.78, 5) is 11.4. The molecular weight excluding hydrogens is 382 g/mol. The van der Waals surface area contributed by atoms with Crippen molar-refractivity contribution in [2.45, 2.75) is 57.3 Å². The van der Waals surface area contributed by atoms with E-state index in [9.17, 15) is 20.1 Å². The third-order valence-electron chi connectivity index (χ3n) is 5.36. The lowest BCUT2D eigenvalue weighted by molar-refractivity contribution is -0.121. The molecule has 1 fully saturated rings. The molecule has 30 heavy (non-hydrogen) atoms. The molecule has 0 aliphatic heterocycles. The number of aliphatic hydroxyl groups excluding tert-OH is 3. The van der Waals surface area contributed by atoms with Gasteiger partial charge in [0.05, 0.1) is 12.2 Å². The summed E-state index contributed by atoms with van der Waals surface area (Å²) in [5, 5.41) is 33.6. The molecule has 6 nitrogen and oxygen atoms in total. The summed E-state index contributed by atoms with van der Waals surface area (Å²) in [6.45, 7) is 2.68. The van der Waals surface area contributed by atoms with Gasteiger partial charge in [-0.15, -0.1) is 0 Å². The van der Waals surface area contributed by atoms with E-state index < -0.39 is 18.3 Å². The van der Waals surface area contributed by atoms with Gasteiger partial charge in [-0.05, 0) is 44.2 Å². The predicted octanol–water partition coefficient (Wildman–Crippen LogP) is 2.59. The molecule has 1 amide bonds. The second-order valence-electron chi connectivity index (χ2n) is 7.74. The molecule has 2 rings (SSSR count). The molecule has 166 valence electrons. The number of hydrogen-bond donors (Lipinski definition) is 4. The van der Waals surface area contributed by atoms with Gasteiger partial charge in [-0.25, -0.2) is 0 Å². The highest BCUT2D eigenvalue weighted by molar-refractivity contribution is 5.75. The Morgan fingerprint density at radius 1 is 1.23 bits per heavy atom. The maximum Gasteiger partial charge on any atom is 0.219 e. The molecular formula is C24H35NO5. The fraction of sp³-hybridized carbons (Fsp3) is 0.542. The quantitative estimate of drug-likeness (QED) is 0.310. The van der Waals surface area contributed by atoms with Crippen molar-refractivity contribution in [3.05, 3.63) is 54.6 Å². The van der Waals surface area contributed by atoms with Crippen molar-refractivity contribution in [3.8, 4) is 5.75 Å². The minimum atomic E-state index is -0.791. The van der Waals surface area contributed by atoms with Crippen LogP contribution in [0.1, 0.15) is 39.0 Å². The predicted molar refractivity (Wildman–Crippen MR) is 117 cm³/mol. The monoisotopic (exact) mass is 417 g/mol. The molecule has 0 radical (unpaired) electrons. The number of para-hydroxylation sites is 1. The molecule has 6 heteroatoms. The van der Waals surface area contributed by atoms with Crippen LogP contribution in [0, 0.1) is 11.8 Å². The van der Waals surface area contributed by atoms with E-state index in [4.69, 9.17) is 4.74 Å². The van der Waals surface area contributed by atoms with Gasteiger partial charge in [0, 0.05) is 25.3 Å². The first-order valence-corrected chi connectivity index (χ1v) is 10.8. The molecule has 4 N–H and O–H groups in total. The topological polar surface area (TPSA) is 99.0 Å². The van der Waals surface area contributed by atoms with E-state index >= 15 is 0 Å². The van der Waals surface area contributed by atoms with Crippen LogP contribution < -0.4 is 10.1 Å². The van der Waals surface area contributed by atoms with Crippen molar-refractivity contribution in [3.63, 3.8) is 0 Å². The van der Waals surface area contributed by atoms with E-state index in [1.807, 2.05) is 49.4 Å². The highest BCUT2D eigenvalue weighted by atomic mass is 16.5. The molecule has 0 saturated heterocycles. The number of aliphatic hydroxyl groups is 3. The Balaban J connectivity index is 1.78. The number of rotatable bonds is 12. The van der Waals surface area contributed by atoms with E-state index in [-0.39, 0.29) is 24.3 Å². The standard InChI is InChI=1S/C24H35NO5/c1-2-25-24(29)13-9-4-3-8-12-20-21(23(28)16-22(20)27)15-14-18(26)17-30-19-10-6-5-7-11-19/h3,5-8,10-11,14-15,18,20-23,26-28H,2,4,9,12-13,16-17H2,1H3,(H,25,29). The minimum Gasteiger partial charge on any atom is -0.491 e. The molecule has 0 bridgehead atoms. The number of carbonyl (C=O) groups is 1. The number of nitrogens with one attached hydrogen (secondary N) is 1. The Morgan fingerprint density at radius 2 is 2.00 bits per heavy atom. The van der Waals surface area contributed by atoms with Gasteiger partial charge in [0.1, 0.15) is 18.5 Å². The van der Waals surface area contributed by atoms with Crippen molar-refractivity contribution >= 4 is 5.91 Å². The van der Waals surface area contributed by atoms with Gasteiger partial charge in [0.2, 0.25) is 5.91 Å². The smallest absolute Gasteiger partial charge is 0.219 e. The van der Waals surface area contributed by atoms with Crippen LogP contribution in [0.4, 0.5) is 0 Å². The van der Waals surface area contributed by atoms with Crippen LogP contribution >= 0.6 is 0 Å². The second-order valence-corrected chi connectivity index (χ2v) is 7.74. The summed E-state index contributed by atoms with van der Waals surface area (Å²) in [7, 11) is 0. The maximum absolute atomic E-state index is 11.4. The summed E-state index contributed by atoms with van der Waals surface area (Å²) < 4.78 is 5.54. The third-order valence-corrected chi connectivity index (χ3v) is 5.36. The molecule has 1 saturated carbocycles. The van der Waals surface area contributed by atoms with Crippen molar-refractivity contribution in [2.24, 2.45) is 11.8 Å². The summed E-state index contributed by atoms with van der Waals surface area (Å²) in [6.07, 6.45) is 8.56. The van der Waals surface area contributed by atoms with Crippen LogP contribution in [0.3, 0.4) is 0 Å². The molecule has 1 aliphatic rings. The largest absolute Gasteiger partial charge is 0.491 e. The number of unbranched alkanes of at least 4 members (excludes halogenated alkanes) is 1. The van der Waals surface area contributed by atoms with Gasteiger partial charge in [-0.3, -0.25) is 4.79 Å². The molecule has 0 aromatic heterocycles. The average Bonchev–Trinajstić information content (AvgIpc) is 3.00. The van der Waals surface area contributed by atoms with Gasteiger partial charge in [-0.2, -0.15) is 0 Å². The van der Waals surface area contributed by atoms with E-state index in [1.165, 1.54) is 0 Å².